The molecule has 0 rings (SSSR count). The first-order valence-electron chi connectivity index (χ1n) is 5.42. The van der Waals surface area contributed by atoms with Crippen LogP contribution in [0.3, 0.4) is 0 Å². The fraction of sp³-hybridized carbons (Fsp3) is 0.615. The fourth-order valence-corrected chi connectivity index (χ4v) is 1.41. The van der Waals surface area contributed by atoms with Gasteiger partial charge < -0.3 is 4.74 Å². The van der Waals surface area contributed by atoms with Gasteiger partial charge in [-0.3, -0.25) is 0 Å². The second-order valence-electron chi connectivity index (χ2n) is 3.71. The summed E-state index contributed by atoms with van der Waals surface area (Å²) in [4.78, 5) is 0. The van der Waals surface area contributed by atoms with Gasteiger partial charge >= 0.3 is 0 Å². The van der Waals surface area contributed by atoms with Crippen LogP contribution in [-0.4, -0.2) is 18.0 Å². The number of ether oxygens (including phenoxy) is 1. The molecule has 0 aliphatic carbocycles. The maximum absolute atomic E-state index is 8.38. The number of hydrogen-bond acceptors (Lipinski definition) is 3. The largest absolute Gasteiger partial charge is 0.362 e. The Morgan fingerprint density at radius 1 is 1.44 bits per heavy atom. The van der Waals surface area contributed by atoms with Gasteiger partial charge in [0.1, 0.15) is 5.60 Å². The molecule has 0 heterocycles. The van der Waals surface area contributed by atoms with Crippen molar-refractivity contribution in [1.29, 1.82) is 5.26 Å². The Morgan fingerprint density at radius 3 is 2.81 bits per heavy atom. The second kappa shape index (κ2) is 9.33. The number of thioether (sulfide) groups is 1. The first-order chi connectivity index (χ1) is 7.62. The molecule has 0 aromatic carbocycles. The van der Waals surface area contributed by atoms with Crippen molar-refractivity contribution in [3.8, 4) is 17.9 Å². The van der Waals surface area contributed by atoms with Crippen molar-refractivity contribution in [3.05, 3.63) is 11.5 Å². The SMILES string of the molecule is CCCS/C=C/C#CC(C)(C)OCCC#N. The van der Waals surface area contributed by atoms with Gasteiger partial charge in [-0.15, -0.1) is 11.8 Å². The molecule has 0 unspecified atom stereocenters. The average molecular weight is 237 g/mol. The normalized spacial score (nSPS) is 10.9. The van der Waals surface area contributed by atoms with Gasteiger partial charge in [-0.05, 0) is 37.5 Å². The van der Waals surface area contributed by atoms with Crippen LogP contribution in [0, 0.1) is 23.2 Å². The van der Waals surface area contributed by atoms with Gasteiger partial charge in [0.2, 0.25) is 0 Å². The highest BCUT2D eigenvalue weighted by Gasteiger charge is 2.13. The van der Waals surface area contributed by atoms with Crippen LogP contribution in [0.4, 0.5) is 0 Å². The lowest BCUT2D eigenvalue weighted by atomic mass is 10.1. The van der Waals surface area contributed by atoms with E-state index in [9.17, 15) is 0 Å². The second-order valence-corrected chi connectivity index (χ2v) is 4.72. The number of rotatable bonds is 6. The van der Waals surface area contributed by atoms with Crippen molar-refractivity contribution in [2.24, 2.45) is 0 Å². The summed E-state index contributed by atoms with van der Waals surface area (Å²) in [6, 6.07) is 2.04. The van der Waals surface area contributed by atoms with Crippen LogP contribution in [0.15, 0.2) is 11.5 Å². The molecule has 0 spiro atoms. The number of hydrogen-bond donors (Lipinski definition) is 0. The van der Waals surface area contributed by atoms with Gasteiger partial charge in [0, 0.05) is 0 Å². The summed E-state index contributed by atoms with van der Waals surface area (Å²) in [5.74, 6) is 7.09. The molecule has 16 heavy (non-hydrogen) atoms. The predicted molar refractivity (Wildman–Crippen MR) is 69.9 cm³/mol. The van der Waals surface area contributed by atoms with E-state index < -0.39 is 5.60 Å². The first-order valence-corrected chi connectivity index (χ1v) is 6.47. The Hall–Kier alpha value is -0.900. The van der Waals surface area contributed by atoms with Crippen LogP contribution in [-0.2, 0) is 4.74 Å². The number of allylic oxidation sites excluding steroid dienone is 1. The van der Waals surface area contributed by atoms with E-state index in [0.29, 0.717) is 13.0 Å². The standard InChI is InChI=1S/C13H19NOS/c1-4-11-16-12-6-5-8-13(2,3)15-10-7-9-14/h6,12H,4,7,10-11H2,1-3H3/b12-6+. The minimum absolute atomic E-state index is 0.410. The third-order valence-corrected chi connectivity index (χ3v) is 2.59. The highest BCUT2D eigenvalue weighted by atomic mass is 32.2. The summed E-state index contributed by atoms with van der Waals surface area (Å²) in [5, 5.41) is 10.4. The van der Waals surface area contributed by atoms with Crippen molar-refractivity contribution in [2.45, 2.75) is 39.2 Å². The minimum atomic E-state index is -0.476. The topological polar surface area (TPSA) is 33.0 Å². The van der Waals surface area contributed by atoms with Crippen molar-refractivity contribution in [2.75, 3.05) is 12.4 Å². The molecule has 0 saturated carbocycles. The number of nitrogens with zero attached hydrogens (tertiary/aromatic N) is 1. The molecule has 0 fully saturated rings. The Balaban J connectivity index is 3.90. The van der Waals surface area contributed by atoms with Gasteiger partial charge in [-0.1, -0.05) is 18.8 Å². The zero-order valence-electron chi connectivity index (χ0n) is 10.2. The monoisotopic (exact) mass is 237 g/mol. The van der Waals surface area contributed by atoms with E-state index in [1.165, 1.54) is 6.42 Å². The zero-order valence-corrected chi connectivity index (χ0v) is 11.1. The van der Waals surface area contributed by atoms with Gasteiger partial charge in [0.25, 0.3) is 0 Å². The average Bonchev–Trinajstić information content (AvgIpc) is 2.23. The summed E-state index contributed by atoms with van der Waals surface area (Å²) < 4.78 is 5.46. The summed E-state index contributed by atoms with van der Waals surface area (Å²) in [6.45, 7) is 6.40. The first kappa shape index (κ1) is 15.1. The Bertz CT molecular complexity index is 304. The predicted octanol–water partition coefficient (Wildman–Crippen LogP) is 3.36. The quantitative estimate of drug-likeness (QED) is 0.524. The van der Waals surface area contributed by atoms with Crippen LogP contribution in [0.5, 0.6) is 0 Å². The lowest BCUT2D eigenvalue weighted by molar-refractivity contribution is 0.0307. The third-order valence-electron chi connectivity index (χ3n) is 1.62. The molecule has 2 nitrogen and oxygen atoms in total. The summed E-state index contributed by atoms with van der Waals surface area (Å²) >= 11 is 1.76. The molecule has 0 N–H and O–H groups in total. The maximum Gasteiger partial charge on any atom is 0.123 e. The molecule has 0 amide bonds. The van der Waals surface area contributed by atoms with E-state index in [1.807, 2.05) is 31.4 Å². The van der Waals surface area contributed by atoms with Gasteiger partial charge in [0.15, 0.2) is 0 Å². The van der Waals surface area contributed by atoms with Crippen molar-refractivity contribution in [1.82, 2.24) is 0 Å². The molecule has 0 aromatic heterocycles. The third kappa shape index (κ3) is 9.65. The molecule has 0 aliphatic heterocycles. The Morgan fingerprint density at radius 2 is 2.19 bits per heavy atom. The molecular formula is C13H19NOS. The van der Waals surface area contributed by atoms with Crippen LogP contribution in [0.25, 0.3) is 0 Å². The highest BCUT2D eigenvalue weighted by molar-refractivity contribution is 8.02. The van der Waals surface area contributed by atoms with Crippen molar-refractivity contribution < 1.29 is 4.74 Å². The molecule has 3 heteroatoms. The van der Waals surface area contributed by atoms with Gasteiger partial charge in [0.05, 0.1) is 19.1 Å². The fourth-order valence-electron chi connectivity index (χ4n) is 0.871. The molecule has 0 saturated heterocycles. The highest BCUT2D eigenvalue weighted by Crippen LogP contribution is 2.08. The van der Waals surface area contributed by atoms with Crippen LogP contribution in [0.2, 0.25) is 0 Å². The van der Waals surface area contributed by atoms with E-state index in [0.717, 1.165) is 5.75 Å². The molecule has 0 aliphatic rings. The molecule has 0 aromatic rings. The molecule has 88 valence electrons. The van der Waals surface area contributed by atoms with E-state index in [-0.39, 0.29) is 0 Å². The van der Waals surface area contributed by atoms with Crippen LogP contribution < -0.4 is 0 Å². The van der Waals surface area contributed by atoms with E-state index in [2.05, 4.69) is 18.8 Å². The summed E-state index contributed by atoms with van der Waals surface area (Å²) in [5.41, 5.74) is -0.476. The lowest BCUT2D eigenvalue weighted by Crippen LogP contribution is -2.22. The van der Waals surface area contributed by atoms with E-state index >= 15 is 0 Å². The zero-order chi connectivity index (χ0) is 12.3. The summed E-state index contributed by atoms with van der Waals surface area (Å²) in [7, 11) is 0. The van der Waals surface area contributed by atoms with Gasteiger partial charge in [-0.2, -0.15) is 5.26 Å². The lowest BCUT2D eigenvalue weighted by Gasteiger charge is -2.17. The van der Waals surface area contributed by atoms with Crippen LogP contribution in [0.1, 0.15) is 33.6 Å². The smallest absolute Gasteiger partial charge is 0.123 e. The molecule has 0 radical (unpaired) electrons. The molecular weight excluding hydrogens is 218 g/mol. The Labute approximate surface area is 103 Å². The van der Waals surface area contributed by atoms with Crippen molar-refractivity contribution in [3.63, 3.8) is 0 Å². The Kier molecular flexibility index (Phi) is 8.81. The summed E-state index contributed by atoms with van der Waals surface area (Å²) in [6.07, 6.45) is 3.42. The minimum Gasteiger partial charge on any atom is -0.362 e. The van der Waals surface area contributed by atoms with Gasteiger partial charge in [-0.25, -0.2) is 0 Å². The van der Waals surface area contributed by atoms with Crippen molar-refractivity contribution >= 4 is 11.8 Å². The van der Waals surface area contributed by atoms with Crippen LogP contribution >= 0.6 is 11.8 Å². The molecule has 0 atom stereocenters. The number of nitriles is 1. The maximum atomic E-state index is 8.38. The molecule has 0 bridgehead atoms. The van der Waals surface area contributed by atoms with E-state index in [1.54, 1.807) is 11.8 Å². The van der Waals surface area contributed by atoms with E-state index in [4.69, 9.17) is 10.00 Å².